The number of alkyl carbamates (subject to hydrolysis) is 1. The van der Waals surface area contributed by atoms with Crippen molar-refractivity contribution in [2.45, 2.75) is 98.3 Å². The highest BCUT2D eigenvalue weighted by Gasteiger charge is 2.27. The van der Waals surface area contributed by atoms with E-state index in [-0.39, 0.29) is 25.0 Å². The maximum absolute atomic E-state index is 13.8. The van der Waals surface area contributed by atoms with E-state index in [0.29, 0.717) is 65.7 Å². The van der Waals surface area contributed by atoms with Gasteiger partial charge in [0.1, 0.15) is 28.5 Å². The molecule has 4 amide bonds. The number of anilines is 2. The topological polar surface area (TPSA) is 148 Å². The molecule has 1 heterocycles. The number of carbonyl (C=O) groups is 4. The van der Waals surface area contributed by atoms with Crippen LogP contribution in [0.4, 0.5) is 21.0 Å². The van der Waals surface area contributed by atoms with Crippen LogP contribution in [0.3, 0.4) is 0 Å². The number of amides is 4. The normalized spacial score (nSPS) is 13.2. The summed E-state index contributed by atoms with van der Waals surface area (Å²) in [5.74, 6) is 1.26. The van der Waals surface area contributed by atoms with Gasteiger partial charge in [-0.05, 0) is 123 Å². The Labute approximate surface area is 355 Å². The Kier molecular flexibility index (Phi) is 17.5. The number of unbranched alkanes of at least 4 members (excludes halogenated alkanes) is 2. The first-order valence-electron chi connectivity index (χ1n) is 20.8. The fourth-order valence-electron chi connectivity index (χ4n) is 6.31. The van der Waals surface area contributed by atoms with Crippen molar-refractivity contribution in [3.8, 4) is 17.2 Å². The van der Waals surface area contributed by atoms with Crippen molar-refractivity contribution >= 4 is 35.4 Å². The van der Waals surface area contributed by atoms with Crippen molar-refractivity contribution in [3.63, 3.8) is 0 Å². The molecule has 0 radical (unpaired) electrons. The third-order valence-electron chi connectivity index (χ3n) is 9.43. The Balaban J connectivity index is 1.40. The molecule has 0 bridgehead atoms. The Morgan fingerprint density at radius 3 is 2.13 bits per heavy atom. The second kappa shape index (κ2) is 22.2. The number of nitrogens with zero attached hydrogens (tertiary/aromatic N) is 3. The molecular formula is C46H65N5O9. The van der Waals surface area contributed by atoms with Crippen LogP contribution in [0.1, 0.15) is 95.1 Å². The molecule has 3 aromatic rings. The van der Waals surface area contributed by atoms with Crippen molar-refractivity contribution in [3.05, 3.63) is 77.4 Å². The van der Waals surface area contributed by atoms with Crippen LogP contribution in [-0.4, -0.2) is 105 Å². The van der Waals surface area contributed by atoms with Gasteiger partial charge >= 0.3 is 12.2 Å². The van der Waals surface area contributed by atoms with Crippen LogP contribution in [0, 0.1) is 6.92 Å². The molecule has 328 valence electrons. The number of carbonyl (C=O) groups excluding carboxylic acids is 4. The first kappa shape index (κ1) is 47.2. The van der Waals surface area contributed by atoms with E-state index >= 15 is 0 Å². The standard InChI is InChI=1S/C46H65N5O9/c1-33-19-22-36(40(30-33)58-28-14-10-11-18-41(52)50-26-24-49(8)25-27-50)48-42(53)34-20-21-35(39(31-34)56-9)32-51(44(55)60-46(5,6)7)37-16-12-13-17-38(37)57-29-15-23-47-43(54)59-45(2,3)4/h12-13,16-17,19-22,30-31H,10-11,14-15,18,23-29,32H2,1-9H3,(H,47,54)(H,48,53). The van der Waals surface area contributed by atoms with Crippen molar-refractivity contribution < 1.29 is 42.9 Å². The van der Waals surface area contributed by atoms with Crippen LogP contribution in [0.5, 0.6) is 17.2 Å². The number of hydrogen-bond donors (Lipinski definition) is 2. The molecule has 1 saturated heterocycles. The average molecular weight is 832 g/mol. The first-order valence-corrected chi connectivity index (χ1v) is 20.8. The van der Waals surface area contributed by atoms with Crippen molar-refractivity contribution in [2.75, 3.05) is 70.3 Å². The minimum atomic E-state index is -0.784. The van der Waals surface area contributed by atoms with Crippen LogP contribution >= 0.6 is 0 Å². The van der Waals surface area contributed by atoms with E-state index in [1.54, 1.807) is 77.9 Å². The van der Waals surface area contributed by atoms with Gasteiger partial charge < -0.3 is 44.1 Å². The maximum atomic E-state index is 13.8. The van der Waals surface area contributed by atoms with Gasteiger partial charge in [-0.25, -0.2) is 9.59 Å². The van der Waals surface area contributed by atoms with Crippen LogP contribution in [0.2, 0.25) is 0 Å². The minimum Gasteiger partial charge on any atom is -0.496 e. The monoisotopic (exact) mass is 831 g/mol. The number of likely N-dealkylation sites (N-methyl/N-ethyl adjacent to an activating group) is 1. The third kappa shape index (κ3) is 15.6. The summed E-state index contributed by atoms with van der Waals surface area (Å²) in [7, 11) is 3.58. The van der Waals surface area contributed by atoms with E-state index in [9.17, 15) is 19.2 Å². The second-order valence-corrected chi connectivity index (χ2v) is 17.0. The lowest BCUT2D eigenvalue weighted by atomic mass is 10.1. The SMILES string of the molecule is COc1cc(C(=O)Nc2ccc(C)cc2OCCCCCC(=O)N2CCN(C)CC2)ccc1CN(C(=O)OC(C)(C)C)c1ccccc1OCCCNC(=O)OC(C)(C)C. The number of ether oxygens (including phenoxy) is 5. The average Bonchev–Trinajstić information content (AvgIpc) is 3.18. The van der Waals surface area contributed by atoms with Gasteiger partial charge in [0.2, 0.25) is 5.91 Å². The number of methoxy groups -OCH3 is 1. The second-order valence-electron chi connectivity index (χ2n) is 17.0. The smallest absolute Gasteiger partial charge is 0.415 e. The van der Waals surface area contributed by atoms with Crippen LogP contribution < -0.4 is 29.7 Å². The van der Waals surface area contributed by atoms with Gasteiger partial charge in [0.15, 0.2) is 0 Å². The minimum absolute atomic E-state index is 0.0422. The van der Waals surface area contributed by atoms with Crippen molar-refractivity contribution in [1.29, 1.82) is 0 Å². The maximum Gasteiger partial charge on any atom is 0.415 e. The van der Waals surface area contributed by atoms with Gasteiger partial charge in [-0.1, -0.05) is 24.3 Å². The number of nitrogens with one attached hydrogen (secondary N) is 2. The summed E-state index contributed by atoms with van der Waals surface area (Å²) in [4.78, 5) is 57.8. The predicted molar refractivity (Wildman–Crippen MR) is 233 cm³/mol. The summed E-state index contributed by atoms with van der Waals surface area (Å²) in [5, 5.41) is 5.71. The van der Waals surface area contributed by atoms with E-state index in [1.165, 1.54) is 12.0 Å². The molecular weight excluding hydrogens is 767 g/mol. The summed E-state index contributed by atoms with van der Waals surface area (Å²) in [6.45, 7) is 17.2. The summed E-state index contributed by atoms with van der Waals surface area (Å²) in [5.41, 5.74) is 1.59. The first-order chi connectivity index (χ1) is 28.4. The van der Waals surface area contributed by atoms with Gasteiger partial charge in [-0.15, -0.1) is 0 Å². The molecule has 0 spiro atoms. The van der Waals surface area contributed by atoms with Crippen LogP contribution in [0.25, 0.3) is 0 Å². The fraction of sp³-hybridized carbons (Fsp3) is 0.522. The molecule has 0 unspecified atom stereocenters. The van der Waals surface area contributed by atoms with Crippen LogP contribution in [-0.2, 0) is 20.8 Å². The zero-order valence-corrected chi connectivity index (χ0v) is 37.0. The highest BCUT2D eigenvalue weighted by Crippen LogP contribution is 2.34. The highest BCUT2D eigenvalue weighted by molar-refractivity contribution is 6.05. The highest BCUT2D eigenvalue weighted by atomic mass is 16.6. The number of piperazine rings is 1. The predicted octanol–water partition coefficient (Wildman–Crippen LogP) is 8.20. The van der Waals surface area contributed by atoms with Gasteiger partial charge in [-0.3, -0.25) is 14.5 Å². The summed E-state index contributed by atoms with van der Waals surface area (Å²) in [6, 6.07) is 17.8. The number of para-hydroxylation sites is 2. The third-order valence-corrected chi connectivity index (χ3v) is 9.43. The van der Waals surface area contributed by atoms with E-state index in [0.717, 1.165) is 51.0 Å². The zero-order chi connectivity index (χ0) is 43.9. The quantitative estimate of drug-likeness (QED) is 0.120. The number of hydrogen-bond acceptors (Lipinski definition) is 10. The molecule has 1 fully saturated rings. The fourth-order valence-corrected chi connectivity index (χ4v) is 6.31. The molecule has 1 aliphatic heterocycles. The Morgan fingerprint density at radius 1 is 0.750 bits per heavy atom. The molecule has 14 heteroatoms. The molecule has 14 nitrogen and oxygen atoms in total. The lowest BCUT2D eigenvalue weighted by Crippen LogP contribution is -2.47. The molecule has 60 heavy (non-hydrogen) atoms. The molecule has 0 atom stereocenters. The number of benzene rings is 3. The Bertz CT molecular complexity index is 1900. The molecule has 4 rings (SSSR count). The molecule has 0 saturated carbocycles. The van der Waals surface area contributed by atoms with Gasteiger partial charge in [0.05, 0.1) is 38.2 Å². The molecule has 3 aromatic carbocycles. The zero-order valence-electron chi connectivity index (χ0n) is 37.0. The number of aryl methyl sites for hydroxylation is 1. The summed E-state index contributed by atoms with van der Waals surface area (Å²) < 4.78 is 29.2. The van der Waals surface area contributed by atoms with E-state index in [4.69, 9.17) is 23.7 Å². The Hall–Kier alpha value is -5.50. The molecule has 0 aromatic heterocycles. The van der Waals surface area contributed by atoms with Gasteiger partial charge in [0.25, 0.3) is 5.91 Å². The van der Waals surface area contributed by atoms with Crippen LogP contribution in [0.15, 0.2) is 60.7 Å². The van der Waals surface area contributed by atoms with Crippen molar-refractivity contribution in [2.24, 2.45) is 0 Å². The van der Waals surface area contributed by atoms with Crippen molar-refractivity contribution in [1.82, 2.24) is 15.1 Å². The lowest BCUT2D eigenvalue weighted by molar-refractivity contribution is -0.132. The van der Waals surface area contributed by atoms with E-state index in [2.05, 4.69) is 22.6 Å². The largest absolute Gasteiger partial charge is 0.496 e. The van der Waals surface area contributed by atoms with E-state index < -0.39 is 23.4 Å². The van der Waals surface area contributed by atoms with Gasteiger partial charge in [0, 0.05) is 50.3 Å². The number of rotatable bonds is 18. The van der Waals surface area contributed by atoms with Gasteiger partial charge in [-0.2, -0.15) is 0 Å². The summed E-state index contributed by atoms with van der Waals surface area (Å²) in [6.07, 6.45) is 2.37. The molecule has 1 aliphatic rings. The molecule has 0 aliphatic carbocycles. The molecule has 2 N–H and O–H groups in total. The Morgan fingerprint density at radius 2 is 1.43 bits per heavy atom. The summed E-state index contributed by atoms with van der Waals surface area (Å²) >= 11 is 0. The van der Waals surface area contributed by atoms with E-state index in [1.807, 2.05) is 36.1 Å². The lowest BCUT2D eigenvalue weighted by Gasteiger charge is -2.32.